The van der Waals surface area contributed by atoms with E-state index in [1.807, 2.05) is 0 Å². The second-order valence-electron chi connectivity index (χ2n) is 8.86. The molecule has 1 aliphatic rings. The SMILES string of the molecule is CCC1(C)CN(S(=O)(=O)c2ccc(C(C)(C)O)cc2)CC(C)(C)C1. The van der Waals surface area contributed by atoms with Gasteiger partial charge >= 0.3 is 0 Å². The van der Waals surface area contributed by atoms with Gasteiger partial charge in [-0.2, -0.15) is 4.31 Å². The molecule has 0 bridgehead atoms. The Morgan fingerprint density at radius 2 is 1.67 bits per heavy atom. The summed E-state index contributed by atoms with van der Waals surface area (Å²) in [7, 11) is -3.52. The van der Waals surface area contributed by atoms with Crippen molar-refractivity contribution in [2.75, 3.05) is 13.1 Å². The van der Waals surface area contributed by atoms with Crippen LogP contribution in [0.25, 0.3) is 0 Å². The second kappa shape index (κ2) is 6.11. The third kappa shape index (κ3) is 4.01. The highest BCUT2D eigenvalue weighted by atomic mass is 32.2. The van der Waals surface area contributed by atoms with Gasteiger partial charge < -0.3 is 5.11 Å². The minimum Gasteiger partial charge on any atom is -0.386 e. The number of sulfonamides is 1. The molecule has 5 heteroatoms. The minimum atomic E-state index is -3.52. The van der Waals surface area contributed by atoms with Crippen molar-refractivity contribution in [2.45, 2.75) is 64.9 Å². The normalized spacial score (nSPS) is 25.6. The molecule has 136 valence electrons. The molecule has 24 heavy (non-hydrogen) atoms. The van der Waals surface area contributed by atoms with E-state index >= 15 is 0 Å². The largest absolute Gasteiger partial charge is 0.386 e. The average molecular weight is 354 g/mol. The number of hydrogen-bond acceptors (Lipinski definition) is 3. The molecule has 1 atom stereocenters. The van der Waals surface area contributed by atoms with Crippen molar-refractivity contribution < 1.29 is 13.5 Å². The fourth-order valence-electron chi connectivity index (χ4n) is 3.82. The molecule has 1 N–H and O–H groups in total. The van der Waals surface area contributed by atoms with Gasteiger partial charge in [0.1, 0.15) is 0 Å². The van der Waals surface area contributed by atoms with Gasteiger partial charge in [0.25, 0.3) is 0 Å². The number of aliphatic hydroxyl groups is 1. The molecular formula is C19H31NO3S. The van der Waals surface area contributed by atoms with Crippen molar-refractivity contribution in [1.82, 2.24) is 4.31 Å². The smallest absolute Gasteiger partial charge is 0.243 e. The minimum absolute atomic E-state index is 0.00184. The van der Waals surface area contributed by atoms with Gasteiger partial charge in [-0.05, 0) is 55.2 Å². The second-order valence-corrected chi connectivity index (χ2v) is 10.8. The molecule has 4 nitrogen and oxygen atoms in total. The van der Waals surface area contributed by atoms with Crippen LogP contribution in [0.5, 0.6) is 0 Å². The highest BCUT2D eigenvalue weighted by Crippen LogP contribution is 2.43. The van der Waals surface area contributed by atoms with Gasteiger partial charge in [0, 0.05) is 13.1 Å². The van der Waals surface area contributed by atoms with Crippen LogP contribution in [-0.4, -0.2) is 30.9 Å². The Hall–Kier alpha value is -0.910. The molecule has 1 unspecified atom stereocenters. The average Bonchev–Trinajstić information content (AvgIpc) is 2.44. The van der Waals surface area contributed by atoms with E-state index in [0.29, 0.717) is 23.5 Å². The number of piperidine rings is 1. The molecule has 0 aromatic heterocycles. The van der Waals surface area contributed by atoms with Crippen LogP contribution >= 0.6 is 0 Å². The van der Waals surface area contributed by atoms with Crippen LogP contribution in [0, 0.1) is 10.8 Å². The summed E-state index contributed by atoms with van der Waals surface area (Å²) < 4.78 is 27.8. The van der Waals surface area contributed by atoms with Crippen molar-refractivity contribution >= 4 is 10.0 Å². The quantitative estimate of drug-likeness (QED) is 0.897. The molecule has 0 aliphatic carbocycles. The van der Waals surface area contributed by atoms with E-state index in [1.165, 1.54) is 0 Å². The molecule has 0 saturated carbocycles. The third-order valence-corrected chi connectivity index (χ3v) is 6.93. The molecular weight excluding hydrogens is 322 g/mol. The molecule has 0 amide bonds. The fourth-order valence-corrected chi connectivity index (χ4v) is 5.60. The molecule has 2 rings (SSSR count). The first-order valence-corrected chi connectivity index (χ1v) is 10.1. The maximum atomic E-state index is 13.1. The summed E-state index contributed by atoms with van der Waals surface area (Å²) in [6.45, 7) is 13.1. The lowest BCUT2D eigenvalue weighted by molar-refractivity contribution is 0.0608. The van der Waals surface area contributed by atoms with Crippen LogP contribution in [-0.2, 0) is 15.6 Å². The molecule has 0 spiro atoms. The van der Waals surface area contributed by atoms with Crippen LogP contribution in [0.4, 0.5) is 0 Å². The van der Waals surface area contributed by atoms with Gasteiger partial charge in [-0.3, -0.25) is 0 Å². The van der Waals surface area contributed by atoms with E-state index in [1.54, 1.807) is 42.4 Å². The lowest BCUT2D eigenvalue weighted by atomic mass is 9.69. The van der Waals surface area contributed by atoms with Gasteiger partial charge in [0.15, 0.2) is 0 Å². The molecule has 0 radical (unpaired) electrons. The first-order chi connectivity index (χ1) is 10.8. The van der Waals surface area contributed by atoms with Crippen molar-refractivity contribution in [1.29, 1.82) is 0 Å². The molecule has 1 aliphatic heterocycles. The van der Waals surface area contributed by atoms with E-state index in [9.17, 15) is 13.5 Å². The molecule has 1 fully saturated rings. The van der Waals surface area contributed by atoms with E-state index < -0.39 is 15.6 Å². The Labute approximate surface area is 146 Å². The summed E-state index contributed by atoms with van der Waals surface area (Å²) in [4.78, 5) is 0.298. The van der Waals surface area contributed by atoms with Crippen LogP contribution in [0.3, 0.4) is 0 Å². The van der Waals surface area contributed by atoms with Crippen molar-refractivity contribution in [3.8, 4) is 0 Å². The highest BCUT2D eigenvalue weighted by Gasteiger charge is 2.43. The lowest BCUT2D eigenvalue weighted by Gasteiger charge is -2.47. The predicted octanol–water partition coefficient (Wildman–Crippen LogP) is 3.75. The zero-order chi connectivity index (χ0) is 18.4. The Bertz CT molecular complexity index is 686. The predicted molar refractivity (Wildman–Crippen MR) is 97.2 cm³/mol. The van der Waals surface area contributed by atoms with Gasteiger partial charge in [0.2, 0.25) is 10.0 Å². The summed E-state index contributed by atoms with van der Waals surface area (Å²) in [6, 6.07) is 6.60. The van der Waals surface area contributed by atoms with E-state index in [0.717, 1.165) is 12.8 Å². The molecule has 1 saturated heterocycles. The Morgan fingerprint density at radius 1 is 1.12 bits per heavy atom. The third-order valence-electron chi connectivity index (χ3n) is 5.12. The van der Waals surface area contributed by atoms with Crippen molar-refractivity contribution in [3.63, 3.8) is 0 Å². The Balaban J connectivity index is 2.36. The fraction of sp³-hybridized carbons (Fsp3) is 0.684. The van der Waals surface area contributed by atoms with Crippen LogP contribution in [0.15, 0.2) is 29.2 Å². The molecule has 1 heterocycles. The maximum absolute atomic E-state index is 13.1. The van der Waals surface area contributed by atoms with Crippen molar-refractivity contribution in [3.05, 3.63) is 29.8 Å². The zero-order valence-corrected chi connectivity index (χ0v) is 16.6. The monoisotopic (exact) mass is 353 g/mol. The van der Waals surface area contributed by atoms with Gasteiger partial charge in [-0.15, -0.1) is 0 Å². The Kier molecular flexibility index (Phi) is 4.95. The maximum Gasteiger partial charge on any atom is 0.243 e. The lowest BCUT2D eigenvalue weighted by Crippen LogP contribution is -2.51. The van der Waals surface area contributed by atoms with E-state index in [4.69, 9.17) is 0 Å². The van der Waals surface area contributed by atoms with E-state index in [2.05, 4.69) is 27.7 Å². The van der Waals surface area contributed by atoms with Gasteiger partial charge in [0.05, 0.1) is 10.5 Å². The van der Waals surface area contributed by atoms with Crippen LogP contribution < -0.4 is 0 Å². The number of nitrogens with zero attached hydrogens (tertiary/aromatic N) is 1. The number of hydrogen-bond donors (Lipinski definition) is 1. The topological polar surface area (TPSA) is 57.6 Å². The van der Waals surface area contributed by atoms with E-state index in [-0.39, 0.29) is 10.8 Å². The summed E-state index contributed by atoms with van der Waals surface area (Å²) in [5.74, 6) is 0. The van der Waals surface area contributed by atoms with Gasteiger partial charge in [-0.1, -0.05) is 39.8 Å². The summed E-state index contributed by atoms with van der Waals surface area (Å²) in [5, 5.41) is 10.0. The summed E-state index contributed by atoms with van der Waals surface area (Å²) >= 11 is 0. The number of benzene rings is 1. The molecule has 1 aromatic rings. The van der Waals surface area contributed by atoms with Crippen LogP contribution in [0.2, 0.25) is 0 Å². The molecule has 1 aromatic carbocycles. The Morgan fingerprint density at radius 3 is 2.12 bits per heavy atom. The van der Waals surface area contributed by atoms with Crippen LogP contribution in [0.1, 0.15) is 59.9 Å². The van der Waals surface area contributed by atoms with Gasteiger partial charge in [-0.25, -0.2) is 8.42 Å². The highest BCUT2D eigenvalue weighted by molar-refractivity contribution is 7.89. The standard InChI is InChI=1S/C19H31NO3S/c1-7-19(6)12-17(2,3)13-20(14-19)24(22,23)16-10-8-15(9-11-16)18(4,5)21/h8-11,21H,7,12-14H2,1-6H3. The summed E-state index contributed by atoms with van der Waals surface area (Å²) in [5.41, 5.74) is -0.306. The summed E-state index contributed by atoms with van der Waals surface area (Å²) in [6.07, 6.45) is 1.99. The first kappa shape index (κ1) is 19.4. The van der Waals surface area contributed by atoms with Crippen molar-refractivity contribution in [2.24, 2.45) is 10.8 Å². The zero-order valence-electron chi connectivity index (χ0n) is 15.8. The number of rotatable bonds is 4. The first-order valence-electron chi connectivity index (χ1n) is 8.62.